The Hall–Kier alpha value is -2.49. The third kappa shape index (κ3) is 57.2. The summed E-state index contributed by atoms with van der Waals surface area (Å²) in [5, 5.41) is 11.8. The average molecular weight is 1040 g/mol. The molecular weight excluding hydrogens is 923 g/mol. The van der Waals surface area contributed by atoms with Gasteiger partial charge in [-0.1, -0.05) is 275 Å². The standard InChI is InChI=1S/C65H121NO8/c1-6-8-10-12-14-16-18-20-22-24-26-28-29-30-31-32-33-34-35-36-38-40-42-44-46-48-50-52-54-56-63(68)74-61(60-73-65(64(69)70)71-58-57-66(3,4)5)59-72-62(67)55-53-51-49-47-45-43-41-39-37-27-25-23-21-19-17-15-13-11-9-7-2/h18,20,24,26,29-30,61,65H,6-17,19,21-23,25,27-28,31-60H2,1-5H3/b20-18-,26-24-,30-29-. The van der Waals surface area contributed by atoms with Crippen molar-refractivity contribution in [2.24, 2.45) is 0 Å². The molecule has 9 nitrogen and oxygen atoms in total. The molecule has 0 aliphatic heterocycles. The minimum absolute atomic E-state index is 0.150. The summed E-state index contributed by atoms with van der Waals surface area (Å²) in [4.78, 5) is 37.4. The summed E-state index contributed by atoms with van der Waals surface area (Å²) in [6.07, 6.45) is 66.3. The molecule has 0 aliphatic carbocycles. The molecule has 2 unspecified atom stereocenters. The zero-order valence-electron chi connectivity index (χ0n) is 49.5. The van der Waals surface area contributed by atoms with Gasteiger partial charge < -0.3 is 33.3 Å². The van der Waals surface area contributed by atoms with Crippen LogP contribution in [0.5, 0.6) is 0 Å². The van der Waals surface area contributed by atoms with E-state index in [1.165, 1.54) is 225 Å². The van der Waals surface area contributed by atoms with Crippen LogP contribution < -0.4 is 5.11 Å². The first-order chi connectivity index (χ1) is 36.1. The van der Waals surface area contributed by atoms with Crippen LogP contribution in [-0.4, -0.2) is 82.3 Å². The van der Waals surface area contributed by atoms with Crippen molar-refractivity contribution in [3.63, 3.8) is 0 Å². The van der Waals surface area contributed by atoms with Crippen molar-refractivity contribution >= 4 is 17.9 Å². The zero-order chi connectivity index (χ0) is 54.1. The summed E-state index contributed by atoms with van der Waals surface area (Å²) >= 11 is 0. The van der Waals surface area contributed by atoms with Crippen LogP contribution in [0.15, 0.2) is 36.5 Å². The van der Waals surface area contributed by atoms with Crippen molar-refractivity contribution < 1.29 is 42.9 Å². The molecule has 2 atom stereocenters. The maximum Gasteiger partial charge on any atom is 0.306 e. The summed E-state index contributed by atoms with van der Waals surface area (Å²) in [6, 6.07) is 0. The Bertz CT molecular complexity index is 1310. The predicted molar refractivity (Wildman–Crippen MR) is 311 cm³/mol. The van der Waals surface area contributed by atoms with Gasteiger partial charge in [0.05, 0.1) is 40.3 Å². The highest BCUT2D eigenvalue weighted by Gasteiger charge is 2.22. The van der Waals surface area contributed by atoms with Gasteiger partial charge in [0.15, 0.2) is 12.4 Å². The molecule has 0 aliphatic rings. The van der Waals surface area contributed by atoms with Crippen LogP contribution in [-0.2, 0) is 33.3 Å². The number of carbonyl (C=O) groups is 3. The summed E-state index contributed by atoms with van der Waals surface area (Å²) in [6.45, 7) is 4.79. The molecule has 0 heterocycles. The van der Waals surface area contributed by atoms with Crippen molar-refractivity contribution in [2.75, 3.05) is 47.5 Å². The first kappa shape index (κ1) is 71.5. The zero-order valence-corrected chi connectivity index (χ0v) is 49.5. The van der Waals surface area contributed by atoms with E-state index in [1.807, 2.05) is 21.1 Å². The number of allylic oxidation sites excluding steroid dienone is 6. The topological polar surface area (TPSA) is 111 Å². The molecule has 0 aromatic carbocycles. The Morgan fingerprint density at radius 3 is 1.08 bits per heavy atom. The summed E-state index contributed by atoms with van der Waals surface area (Å²) in [5.41, 5.74) is 0. The van der Waals surface area contributed by atoms with E-state index in [1.54, 1.807) is 0 Å². The number of ether oxygens (including phenoxy) is 4. The van der Waals surface area contributed by atoms with Gasteiger partial charge in [0.25, 0.3) is 0 Å². The number of rotatable bonds is 59. The highest BCUT2D eigenvalue weighted by atomic mass is 16.7. The Labute approximate surface area is 458 Å². The molecule has 0 saturated heterocycles. The molecule has 0 saturated carbocycles. The van der Waals surface area contributed by atoms with Crippen molar-refractivity contribution in [2.45, 2.75) is 315 Å². The van der Waals surface area contributed by atoms with Gasteiger partial charge in [-0.05, 0) is 51.4 Å². The third-order valence-electron chi connectivity index (χ3n) is 14.1. The number of hydrogen-bond donors (Lipinski definition) is 0. The molecule has 0 aromatic heterocycles. The van der Waals surface area contributed by atoms with Crippen molar-refractivity contribution in [1.82, 2.24) is 0 Å². The molecule has 434 valence electrons. The van der Waals surface area contributed by atoms with Crippen LogP contribution in [0.2, 0.25) is 0 Å². The van der Waals surface area contributed by atoms with E-state index in [2.05, 4.69) is 50.3 Å². The van der Waals surface area contributed by atoms with Gasteiger partial charge in [0.2, 0.25) is 0 Å². The summed E-state index contributed by atoms with van der Waals surface area (Å²) in [5.74, 6) is -2.26. The van der Waals surface area contributed by atoms with Crippen molar-refractivity contribution in [1.29, 1.82) is 0 Å². The lowest BCUT2D eigenvalue weighted by Gasteiger charge is -2.26. The quantitative estimate of drug-likeness (QED) is 0.0195. The molecule has 0 fully saturated rings. The highest BCUT2D eigenvalue weighted by molar-refractivity contribution is 5.70. The van der Waals surface area contributed by atoms with Crippen molar-refractivity contribution in [3.05, 3.63) is 36.5 Å². The molecule has 0 N–H and O–H groups in total. The Kier molecular flexibility index (Phi) is 54.8. The second-order valence-electron chi connectivity index (χ2n) is 22.7. The summed E-state index contributed by atoms with van der Waals surface area (Å²) in [7, 11) is 5.93. The lowest BCUT2D eigenvalue weighted by atomic mass is 10.0. The lowest BCUT2D eigenvalue weighted by Crippen LogP contribution is -2.44. The van der Waals surface area contributed by atoms with E-state index in [0.717, 1.165) is 44.9 Å². The number of carbonyl (C=O) groups excluding carboxylic acids is 3. The number of hydrogen-bond acceptors (Lipinski definition) is 8. The average Bonchev–Trinajstić information content (AvgIpc) is 3.37. The number of unbranched alkanes of at least 4 members (excludes halogenated alkanes) is 38. The van der Waals surface area contributed by atoms with E-state index >= 15 is 0 Å². The van der Waals surface area contributed by atoms with Gasteiger partial charge >= 0.3 is 11.9 Å². The van der Waals surface area contributed by atoms with Crippen LogP contribution in [0.4, 0.5) is 0 Å². The predicted octanol–water partition coefficient (Wildman–Crippen LogP) is 17.5. The smallest absolute Gasteiger partial charge is 0.306 e. The molecule has 74 heavy (non-hydrogen) atoms. The molecule has 0 radical (unpaired) electrons. The number of aliphatic carboxylic acids is 1. The largest absolute Gasteiger partial charge is 0.545 e. The Morgan fingerprint density at radius 2 is 0.730 bits per heavy atom. The Morgan fingerprint density at radius 1 is 0.405 bits per heavy atom. The van der Waals surface area contributed by atoms with E-state index in [9.17, 15) is 19.5 Å². The van der Waals surface area contributed by atoms with Crippen LogP contribution in [0.25, 0.3) is 0 Å². The van der Waals surface area contributed by atoms with Gasteiger partial charge in [0, 0.05) is 12.8 Å². The monoisotopic (exact) mass is 1040 g/mol. The maximum atomic E-state index is 12.9. The number of quaternary nitrogens is 1. The first-order valence-electron chi connectivity index (χ1n) is 31.6. The molecule has 0 spiro atoms. The normalized spacial score (nSPS) is 12.9. The van der Waals surface area contributed by atoms with Crippen LogP contribution in [0.1, 0.15) is 303 Å². The van der Waals surface area contributed by atoms with Gasteiger partial charge in [-0.15, -0.1) is 0 Å². The van der Waals surface area contributed by atoms with E-state index in [-0.39, 0.29) is 32.2 Å². The minimum Gasteiger partial charge on any atom is -0.545 e. The molecule has 0 rings (SSSR count). The van der Waals surface area contributed by atoms with Crippen LogP contribution in [0.3, 0.4) is 0 Å². The SMILES string of the molecule is CCCCCCC/C=C\C/C=C\C/C=C\CCCCCCCCCCCCCCCCC(=O)OC(COC(=O)CCCCCCCCCCCCCCCCCCCCCC)COC(OCC[N+](C)(C)C)C(=O)[O-]. The second kappa shape index (κ2) is 56.7. The molecule has 0 bridgehead atoms. The fraction of sp³-hybridized carbons (Fsp3) is 0.862. The number of carboxylic acids is 1. The van der Waals surface area contributed by atoms with Crippen LogP contribution >= 0.6 is 0 Å². The van der Waals surface area contributed by atoms with E-state index in [0.29, 0.717) is 23.9 Å². The van der Waals surface area contributed by atoms with Gasteiger partial charge in [-0.25, -0.2) is 0 Å². The summed E-state index contributed by atoms with van der Waals surface area (Å²) < 4.78 is 22.8. The van der Waals surface area contributed by atoms with Crippen LogP contribution in [0, 0.1) is 0 Å². The number of esters is 2. The van der Waals surface area contributed by atoms with Gasteiger partial charge in [0.1, 0.15) is 13.2 Å². The van der Waals surface area contributed by atoms with Gasteiger partial charge in [-0.2, -0.15) is 0 Å². The van der Waals surface area contributed by atoms with E-state index < -0.39 is 24.3 Å². The number of carboxylic acid groups (broad SMARTS) is 1. The van der Waals surface area contributed by atoms with Gasteiger partial charge in [-0.3, -0.25) is 9.59 Å². The number of likely N-dealkylation sites (N-methyl/N-ethyl adjacent to an activating group) is 1. The Balaban J connectivity index is 4.15. The molecule has 0 amide bonds. The number of nitrogens with zero attached hydrogens (tertiary/aromatic N) is 1. The fourth-order valence-electron chi connectivity index (χ4n) is 9.25. The molecule has 9 heteroatoms. The minimum atomic E-state index is -1.62. The first-order valence-corrected chi connectivity index (χ1v) is 31.6. The second-order valence-corrected chi connectivity index (χ2v) is 22.7. The highest BCUT2D eigenvalue weighted by Crippen LogP contribution is 2.18. The fourth-order valence-corrected chi connectivity index (χ4v) is 9.25. The maximum absolute atomic E-state index is 12.9. The van der Waals surface area contributed by atoms with Crippen molar-refractivity contribution in [3.8, 4) is 0 Å². The van der Waals surface area contributed by atoms with E-state index in [4.69, 9.17) is 18.9 Å². The molecular formula is C65H121NO8. The lowest BCUT2D eigenvalue weighted by molar-refractivity contribution is -0.870. The third-order valence-corrected chi connectivity index (χ3v) is 14.1. The molecule has 0 aromatic rings.